The summed E-state index contributed by atoms with van der Waals surface area (Å²) in [5.41, 5.74) is 0. The monoisotopic (exact) mass is 373 g/mol. The van der Waals surface area contributed by atoms with E-state index in [1.807, 2.05) is 4.90 Å². The van der Waals surface area contributed by atoms with Crippen molar-refractivity contribution in [1.82, 2.24) is 13.9 Å². The summed E-state index contributed by atoms with van der Waals surface area (Å²) in [6.45, 7) is 0.890. The Morgan fingerprint density at radius 1 is 1.08 bits per heavy atom. The summed E-state index contributed by atoms with van der Waals surface area (Å²) in [5.74, 6) is -0.172. The van der Waals surface area contributed by atoms with Crippen LogP contribution < -0.4 is 4.72 Å². The molecule has 3 aliphatic carbocycles. The van der Waals surface area contributed by atoms with Crippen LogP contribution >= 0.6 is 0 Å². The maximum Gasteiger partial charge on any atom is 0.317 e. The molecule has 144 valence electrons. The molecule has 3 saturated carbocycles. The average molecular weight is 374 g/mol. The van der Waals surface area contributed by atoms with E-state index in [2.05, 4.69) is 4.72 Å². The molecule has 25 heavy (non-hydrogen) atoms. The Hall–Kier alpha value is -0.700. The molecule has 0 heterocycles. The Labute approximate surface area is 150 Å². The Morgan fingerprint density at radius 3 is 2.28 bits per heavy atom. The summed E-state index contributed by atoms with van der Waals surface area (Å²) in [6.07, 6.45) is 9.06. The normalized spacial score (nSPS) is 28.3. The largest absolute Gasteiger partial charge is 0.480 e. The van der Waals surface area contributed by atoms with Crippen molar-refractivity contribution < 1.29 is 18.3 Å². The molecule has 0 spiro atoms. The molecule has 3 rings (SSSR count). The summed E-state index contributed by atoms with van der Waals surface area (Å²) in [4.78, 5) is 13.1. The number of aliphatic carboxylic acids is 1. The van der Waals surface area contributed by atoms with E-state index in [0.29, 0.717) is 18.8 Å². The van der Waals surface area contributed by atoms with Crippen LogP contribution in [0.4, 0.5) is 0 Å². The Kier molecular flexibility index (Phi) is 6.03. The van der Waals surface area contributed by atoms with E-state index in [1.165, 1.54) is 23.6 Å². The molecule has 3 aliphatic rings. The van der Waals surface area contributed by atoms with Gasteiger partial charge in [0.25, 0.3) is 10.2 Å². The molecule has 2 N–H and O–H groups in total. The van der Waals surface area contributed by atoms with Crippen molar-refractivity contribution >= 4 is 16.2 Å². The number of carboxylic acid groups (broad SMARTS) is 1. The van der Waals surface area contributed by atoms with Crippen molar-refractivity contribution in [3.05, 3.63) is 0 Å². The summed E-state index contributed by atoms with van der Waals surface area (Å²) < 4.78 is 29.5. The van der Waals surface area contributed by atoms with Crippen molar-refractivity contribution in [1.29, 1.82) is 0 Å². The first-order chi connectivity index (χ1) is 11.8. The molecule has 0 saturated heterocycles. The number of rotatable bonds is 9. The number of carbonyl (C=O) groups is 1. The van der Waals surface area contributed by atoms with Crippen LogP contribution in [-0.2, 0) is 15.0 Å². The lowest BCUT2D eigenvalue weighted by Crippen LogP contribution is -2.57. The Bertz CT molecular complexity index is 566. The predicted octanol–water partition coefficient (Wildman–Crippen LogP) is 1.41. The second-order valence-electron chi connectivity index (χ2n) is 8.02. The molecule has 0 amide bonds. The number of hydrogen-bond donors (Lipinski definition) is 2. The van der Waals surface area contributed by atoms with Gasteiger partial charge in [-0.1, -0.05) is 19.3 Å². The van der Waals surface area contributed by atoms with Gasteiger partial charge >= 0.3 is 5.97 Å². The third-order valence-corrected chi connectivity index (χ3v) is 7.63. The fraction of sp³-hybridized carbons (Fsp3) is 0.941. The molecule has 8 heteroatoms. The SMILES string of the molecule is CN(C1CCCCC1)S(=O)(=O)NC1CC(N(CC(=O)O)CC2CC2)C1. The molecule has 0 aromatic rings. The van der Waals surface area contributed by atoms with Gasteiger partial charge in [-0.15, -0.1) is 0 Å². The number of nitrogens with zero attached hydrogens (tertiary/aromatic N) is 2. The first-order valence-electron chi connectivity index (χ1n) is 9.56. The van der Waals surface area contributed by atoms with Crippen molar-refractivity contribution in [3.8, 4) is 0 Å². The molecule has 0 bridgehead atoms. The summed E-state index contributed by atoms with van der Waals surface area (Å²) in [6, 6.07) is 0.224. The number of nitrogens with one attached hydrogen (secondary N) is 1. The average Bonchev–Trinajstić information content (AvgIpc) is 3.33. The first kappa shape index (κ1) is 19.1. The van der Waals surface area contributed by atoms with Crippen molar-refractivity contribution in [3.63, 3.8) is 0 Å². The minimum absolute atomic E-state index is 0.0581. The standard InChI is InChI=1S/C17H31N3O4S/c1-19(15-5-3-2-4-6-15)25(23,24)18-14-9-16(10-14)20(12-17(21)22)11-13-7-8-13/h13-16,18H,2-12H2,1H3,(H,21,22). The number of hydrogen-bond acceptors (Lipinski definition) is 4. The van der Waals surface area contributed by atoms with Crippen LogP contribution in [0.3, 0.4) is 0 Å². The fourth-order valence-electron chi connectivity index (χ4n) is 4.07. The van der Waals surface area contributed by atoms with Crippen LogP contribution in [0.25, 0.3) is 0 Å². The van der Waals surface area contributed by atoms with Gasteiger partial charge in [0.15, 0.2) is 0 Å². The third-order valence-electron chi connectivity index (χ3n) is 5.94. The lowest BCUT2D eigenvalue weighted by molar-refractivity contribution is -0.139. The highest BCUT2D eigenvalue weighted by atomic mass is 32.2. The molecule has 0 radical (unpaired) electrons. The molecule has 0 unspecified atom stereocenters. The van der Waals surface area contributed by atoms with Gasteiger partial charge < -0.3 is 5.11 Å². The molecular formula is C17H31N3O4S. The van der Waals surface area contributed by atoms with Gasteiger partial charge in [-0.2, -0.15) is 17.4 Å². The molecule has 0 aromatic carbocycles. The van der Waals surface area contributed by atoms with E-state index in [9.17, 15) is 13.2 Å². The first-order valence-corrected chi connectivity index (χ1v) is 11.0. The van der Waals surface area contributed by atoms with Crippen LogP contribution in [0.1, 0.15) is 57.8 Å². The number of carboxylic acids is 1. The predicted molar refractivity (Wildman–Crippen MR) is 95.4 cm³/mol. The Balaban J connectivity index is 1.48. The zero-order chi connectivity index (χ0) is 18.0. The lowest BCUT2D eigenvalue weighted by atomic mass is 9.86. The van der Waals surface area contributed by atoms with Gasteiger partial charge in [0, 0.05) is 31.7 Å². The summed E-state index contributed by atoms with van der Waals surface area (Å²) in [7, 11) is -1.78. The van der Waals surface area contributed by atoms with Crippen LogP contribution in [-0.4, -0.2) is 67.0 Å². The summed E-state index contributed by atoms with van der Waals surface area (Å²) in [5, 5.41) is 9.10. The van der Waals surface area contributed by atoms with E-state index in [-0.39, 0.29) is 24.7 Å². The fourth-order valence-corrected chi connectivity index (χ4v) is 5.45. The molecule has 3 fully saturated rings. The van der Waals surface area contributed by atoms with Gasteiger partial charge in [0.05, 0.1) is 6.54 Å². The van der Waals surface area contributed by atoms with Gasteiger partial charge in [-0.25, -0.2) is 0 Å². The maximum absolute atomic E-state index is 12.6. The molecule has 0 aromatic heterocycles. The second-order valence-corrected chi connectivity index (χ2v) is 9.78. The van der Waals surface area contributed by atoms with E-state index in [1.54, 1.807) is 7.05 Å². The van der Waals surface area contributed by atoms with Crippen LogP contribution in [0.5, 0.6) is 0 Å². The molecule has 0 aliphatic heterocycles. The van der Waals surface area contributed by atoms with Crippen LogP contribution in [0.2, 0.25) is 0 Å². The van der Waals surface area contributed by atoms with Crippen LogP contribution in [0, 0.1) is 5.92 Å². The Morgan fingerprint density at radius 2 is 1.72 bits per heavy atom. The highest BCUT2D eigenvalue weighted by Crippen LogP contribution is 2.34. The van der Waals surface area contributed by atoms with Crippen LogP contribution in [0.15, 0.2) is 0 Å². The van der Waals surface area contributed by atoms with Gasteiger partial charge in [0.2, 0.25) is 0 Å². The summed E-state index contributed by atoms with van der Waals surface area (Å²) >= 11 is 0. The quantitative estimate of drug-likeness (QED) is 0.638. The van der Waals surface area contributed by atoms with Gasteiger partial charge in [-0.3, -0.25) is 9.69 Å². The minimum atomic E-state index is -3.45. The highest BCUT2D eigenvalue weighted by molar-refractivity contribution is 7.87. The topological polar surface area (TPSA) is 90.0 Å². The molecule has 0 atom stereocenters. The van der Waals surface area contributed by atoms with Crippen molar-refractivity contribution in [2.45, 2.75) is 75.9 Å². The van der Waals surface area contributed by atoms with E-state index >= 15 is 0 Å². The zero-order valence-corrected chi connectivity index (χ0v) is 15.9. The maximum atomic E-state index is 12.6. The van der Waals surface area contributed by atoms with E-state index in [4.69, 9.17) is 5.11 Å². The third kappa shape index (κ3) is 5.15. The zero-order valence-electron chi connectivity index (χ0n) is 15.1. The van der Waals surface area contributed by atoms with E-state index in [0.717, 1.165) is 32.2 Å². The second kappa shape index (κ2) is 7.90. The molecule has 7 nitrogen and oxygen atoms in total. The van der Waals surface area contributed by atoms with E-state index < -0.39 is 16.2 Å². The minimum Gasteiger partial charge on any atom is -0.480 e. The lowest BCUT2D eigenvalue weighted by Gasteiger charge is -2.43. The molecular weight excluding hydrogens is 342 g/mol. The van der Waals surface area contributed by atoms with Crippen molar-refractivity contribution in [2.75, 3.05) is 20.1 Å². The van der Waals surface area contributed by atoms with Gasteiger partial charge in [-0.05, 0) is 44.4 Å². The smallest absolute Gasteiger partial charge is 0.317 e. The van der Waals surface area contributed by atoms with Crippen molar-refractivity contribution in [2.24, 2.45) is 5.92 Å². The van der Waals surface area contributed by atoms with Gasteiger partial charge in [0.1, 0.15) is 0 Å². The highest BCUT2D eigenvalue weighted by Gasteiger charge is 2.40.